The van der Waals surface area contributed by atoms with Gasteiger partial charge in [0, 0.05) is 10.0 Å². The maximum absolute atomic E-state index is 5.73. The molecular weight excluding hydrogens is 154 g/mol. The molecule has 0 aliphatic rings. The molecule has 2 heteroatoms. The van der Waals surface area contributed by atoms with Crippen molar-refractivity contribution in [2.45, 2.75) is 6.92 Å². The van der Waals surface area contributed by atoms with Crippen LogP contribution in [0.25, 0.3) is 0 Å². The van der Waals surface area contributed by atoms with E-state index in [2.05, 4.69) is 0 Å². The van der Waals surface area contributed by atoms with Crippen LogP contribution in [0.5, 0.6) is 0 Å². The fourth-order valence-corrected chi connectivity index (χ4v) is 0.976. The third-order valence-corrected chi connectivity index (χ3v) is 1.78. The van der Waals surface area contributed by atoms with Crippen molar-refractivity contribution in [3.8, 4) is 0 Å². The maximum atomic E-state index is 5.73. The van der Waals surface area contributed by atoms with Gasteiger partial charge in [0.05, 0.1) is 0 Å². The Hall–Kier alpha value is -0.200. The maximum Gasteiger partial charge on any atom is 0.0449 e. The first-order valence-electron chi connectivity index (χ1n) is 2.62. The first-order chi connectivity index (χ1) is 4.20. The van der Waals surface area contributed by atoms with Crippen LogP contribution in [0.4, 0.5) is 0 Å². The second kappa shape index (κ2) is 2.59. The summed E-state index contributed by atoms with van der Waals surface area (Å²) in [5.41, 5.74) is 1.06. The topological polar surface area (TPSA) is 0 Å². The third kappa shape index (κ3) is 1.60. The molecule has 0 radical (unpaired) electrons. The summed E-state index contributed by atoms with van der Waals surface area (Å²) in [5.74, 6) is 0. The van der Waals surface area contributed by atoms with Gasteiger partial charge < -0.3 is 0 Å². The van der Waals surface area contributed by atoms with Crippen LogP contribution in [-0.2, 0) is 0 Å². The molecule has 0 saturated carbocycles. The van der Waals surface area contributed by atoms with E-state index >= 15 is 0 Å². The first kappa shape index (κ1) is 6.91. The van der Waals surface area contributed by atoms with Gasteiger partial charge in [-0.2, -0.15) is 0 Å². The minimum atomic E-state index is 0.686. The van der Waals surface area contributed by atoms with Gasteiger partial charge in [-0.3, -0.25) is 0 Å². The second-order valence-corrected chi connectivity index (χ2v) is 2.74. The predicted octanol–water partition coefficient (Wildman–Crippen LogP) is 3.30. The molecule has 0 spiro atoms. The Balaban J connectivity index is 3.17. The third-order valence-electron chi connectivity index (χ3n) is 1.13. The van der Waals surface area contributed by atoms with Gasteiger partial charge in [0.2, 0.25) is 0 Å². The Bertz CT molecular complexity index is 218. The number of hydrogen-bond acceptors (Lipinski definition) is 0. The Morgan fingerprint density at radius 2 is 1.89 bits per heavy atom. The van der Waals surface area contributed by atoms with Crippen molar-refractivity contribution in [2.75, 3.05) is 0 Å². The number of aryl methyl sites for hydroxylation is 1. The van der Waals surface area contributed by atoms with E-state index in [0.29, 0.717) is 5.02 Å². The highest BCUT2D eigenvalue weighted by atomic mass is 35.5. The molecule has 0 amide bonds. The summed E-state index contributed by atoms with van der Waals surface area (Å²) in [6, 6.07) is 5.45. The molecule has 0 unspecified atom stereocenters. The van der Waals surface area contributed by atoms with E-state index in [0.717, 1.165) is 10.6 Å². The highest BCUT2D eigenvalue weighted by molar-refractivity contribution is 6.35. The summed E-state index contributed by atoms with van der Waals surface area (Å²) < 4.78 is 0. The van der Waals surface area contributed by atoms with Crippen molar-refractivity contribution in [1.82, 2.24) is 0 Å². The summed E-state index contributed by atoms with van der Waals surface area (Å²) in [7, 11) is 0. The molecule has 0 heterocycles. The van der Waals surface area contributed by atoms with Crippen LogP contribution in [0.15, 0.2) is 18.2 Å². The lowest BCUT2D eigenvalue weighted by atomic mass is 10.0. The van der Waals surface area contributed by atoms with Crippen molar-refractivity contribution in [3.05, 3.63) is 33.8 Å². The van der Waals surface area contributed by atoms with Gasteiger partial charge >= 0.3 is 0 Å². The predicted molar refractivity (Wildman–Crippen MR) is 41.2 cm³/mol. The van der Waals surface area contributed by atoms with Gasteiger partial charge in [-0.1, -0.05) is 29.3 Å². The molecule has 0 aliphatic heterocycles. The van der Waals surface area contributed by atoms with E-state index in [-0.39, 0.29) is 0 Å². The SMILES string of the molecule is [11CH3]c1ccc(Cl)cc1Cl. The van der Waals surface area contributed by atoms with Gasteiger partial charge in [0.25, 0.3) is 0 Å². The number of halogens is 2. The second-order valence-electron chi connectivity index (χ2n) is 1.89. The molecule has 9 heavy (non-hydrogen) atoms. The monoisotopic (exact) mass is 159 g/mol. The molecule has 0 nitrogen and oxygen atoms in total. The van der Waals surface area contributed by atoms with E-state index in [4.69, 9.17) is 23.2 Å². The van der Waals surface area contributed by atoms with Gasteiger partial charge in [0.15, 0.2) is 0 Å². The van der Waals surface area contributed by atoms with E-state index < -0.39 is 0 Å². The van der Waals surface area contributed by atoms with Crippen molar-refractivity contribution in [2.24, 2.45) is 0 Å². The molecule has 0 N–H and O–H groups in total. The molecule has 48 valence electrons. The number of hydrogen-bond donors (Lipinski definition) is 0. The molecule has 0 fully saturated rings. The fourth-order valence-electron chi connectivity index (χ4n) is 0.567. The fraction of sp³-hybridized carbons (Fsp3) is 0.143. The normalized spacial score (nSPS) is 9.67. The number of benzene rings is 1. The molecule has 1 aromatic rings. The Labute approximate surface area is 64.4 Å². The standard InChI is InChI=1S/C7H6Cl2/c1-5-2-3-6(8)4-7(5)9/h2-4H,1H3/i1-1. The van der Waals surface area contributed by atoms with Gasteiger partial charge in [-0.15, -0.1) is 0 Å². The zero-order chi connectivity index (χ0) is 6.85. The molecular formula is C7H6Cl2. The summed E-state index contributed by atoms with van der Waals surface area (Å²) in [6.45, 7) is 1.94. The Morgan fingerprint density at radius 3 is 2.33 bits per heavy atom. The zero-order valence-electron chi connectivity index (χ0n) is 4.99. The Morgan fingerprint density at radius 1 is 1.22 bits per heavy atom. The molecule has 0 atom stereocenters. The lowest BCUT2D eigenvalue weighted by Crippen LogP contribution is -1.71. The number of rotatable bonds is 0. The minimum absolute atomic E-state index is 0.686. The van der Waals surface area contributed by atoms with E-state index in [1.54, 1.807) is 6.07 Å². The zero-order valence-corrected chi connectivity index (χ0v) is 6.50. The van der Waals surface area contributed by atoms with E-state index in [1.807, 2.05) is 19.1 Å². The van der Waals surface area contributed by atoms with Crippen LogP contribution in [-0.4, -0.2) is 0 Å². The first-order valence-corrected chi connectivity index (χ1v) is 3.37. The smallest absolute Gasteiger partial charge is 0.0449 e. The minimum Gasteiger partial charge on any atom is -0.0843 e. The summed E-state index contributed by atoms with van der Waals surface area (Å²) >= 11 is 11.4. The van der Waals surface area contributed by atoms with Crippen molar-refractivity contribution in [3.63, 3.8) is 0 Å². The van der Waals surface area contributed by atoms with Crippen molar-refractivity contribution in [1.29, 1.82) is 0 Å². The summed E-state index contributed by atoms with van der Waals surface area (Å²) in [6.07, 6.45) is 0. The summed E-state index contributed by atoms with van der Waals surface area (Å²) in [4.78, 5) is 0. The Kier molecular flexibility index (Phi) is 1.99. The van der Waals surface area contributed by atoms with Crippen LogP contribution in [0, 0.1) is 6.92 Å². The molecule has 0 aromatic heterocycles. The van der Waals surface area contributed by atoms with E-state index in [1.165, 1.54) is 0 Å². The highest BCUT2D eigenvalue weighted by Gasteiger charge is 1.92. The van der Waals surface area contributed by atoms with Crippen molar-refractivity contribution < 1.29 is 0 Å². The average molecular weight is 160 g/mol. The van der Waals surface area contributed by atoms with Crippen LogP contribution < -0.4 is 0 Å². The van der Waals surface area contributed by atoms with Crippen molar-refractivity contribution >= 4 is 23.2 Å². The van der Waals surface area contributed by atoms with Gasteiger partial charge in [0.1, 0.15) is 0 Å². The lowest BCUT2D eigenvalue weighted by molar-refractivity contribution is 1.47. The molecule has 1 aromatic carbocycles. The van der Waals surface area contributed by atoms with Crippen LogP contribution in [0.1, 0.15) is 5.56 Å². The largest absolute Gasteiger partial charge is 0.0843 e. The average Bonchev–Trinajstić information content (AvgIpc) is 1.80. The van der Waals surface area contributed by atoms with E-state index in [9.17, 15) is 0 Å². The van der Waals surface area contributed by atoms with Gasteiger partial charge in [-0.25, -0.2) is 0 Å². The molecule has 0 bridgehead atoms. The molecule has 0 saturated heterocycles. The molecule has 1 rings (SSSR count). The van der Waals surface area contributed by atoms with Gasteiger partial charge in [-0.05, 0) is 24.6 Å². The van der Waals surface area contributed by atoms with Crippen LogP contribution in [0.3, 0.4) is 0 Å². The summed E-state index contributed by atoms with van der Waals surface area (Å²) in [5, 5.41) is 1.41. The molecule has 0 aliphatic carbocycles. The lowest BCUT2D eigenvalue weighted by Gasteiger charge is -1.94. The highest BCUT2D eigenvalue weighted by Crippen LogP contribution is 2.19. The van der Waals surface area contributed by atoms with Crippen LogP contribution in [0.2, 0.25) is 10.0 Å². The quantitative estimate of drug-likeness (QED) is 0.546. The van der Waals surface area contributed by atoms with Crippen LogP contribution >= 0.6 is 23.2 Å².